The predicted octanol–water partition coefficient (Wildman–Crippen LogP) is 5.27. The predicted molar refractivity (Wildman–Crippen MR) is 133 cm³/mol. The maximum atomic E-state index is 11.4. The number of hydrogen-bond donors (Lipinski definition) is 0. The fourth-order valence-electron chi connectivity index (χ4n) is 2.53. The third-order valence-corrected chi connectivity index (χ3v) is 10.9. The molecule has 1 rings (SSSR count). The molecule has 0 saturated carbocycles. The summed E-state index contributed by atoms with van der Waals surface area (Å²) in [6.45, 7) is 14.8. The van der Waals surface area contributed by atoms with Gasteiger partial charge in [-0.15, -0.1) is 0 Å². The first-order chi connectivity index (χ1) is 17.6. The summed E-state index contributed by atoms with van der Waals surface area (Å²) in [6.07, 6.45) is 5.93. The van der Waals surface area contributed by atoms with Gasteiger partial charge >= 0.3 is 19.8 Å². The fourth-order valence-corrected chi connectivity index (χ4v) is 7.74. The second-order valence-electron chi connectivity index (χ2n) is 8.58. The zero-order valence-electron chi connectivity index (χ0n) is 22.7. The Kier molecular flexibility index (Phi) is 14.6. The van der Waals surface area contributed by atoms with Gasteiger partial charge in [0.2, 0.25) is 6.17 Å². The summed E-state index contributed by atoms with van der Waals surface area (Å²) in [5, 5.41) is 0. The van der Waals surface area contributed by atoms with Crippen LogP contribution in [0.2, 0.25) is 0 Å². The Bertz CT molecular complexity index is 1030. The van der Waals surface area contributed by atoms with E-state index in [1.807, 2.05) is 6.07 Å². The van der Waals surface area contributed by atoms with E-state index in [1.165, 1.54) is 5.69 Å². The molecule has 0 aliphatic heterocycles. The molecule has 1 aromatic rings. The number of nitrogens with zero attached hydrogens (tertiary/aromatic N) is 2. The topological polar surface area (TPSA) is 114 Å². The molecule has 9 nitrogen and oxygen atoms in total. The molecular formula is C21H36F6N2O7S2Si. The Balaban J connectivity index is 0.000000830. The molecule has 39 heavy (non-hydrogen) atoms. The number of sulfonamides is 2. The lowest BCUT2D eigenvalue weighted by Crippen LogP contribution is -2.61. The number of rotatable bonds is 13. The van der Waals surface area contributed by atoms with Gasteiger partial charge in [-0.1, -0.05) is 26.8 Å². The van der Waals surface area contributed by atoms with Gasteiger partial charge in [-0.05, 0) is 40.0 Å². The van der Waals surface area contributed by atoms with E-state index in [2.05, 4.69) is 71.4 Å². The first kappa shape index (κ1) is 37.7. The highest BCUT2D eigenvalue weighted by atomic mass is 32.3. The quantitative estimate of drug-likeness (QED) is 0.165. The van der Waals surface area contributed by atoms with E-state index in [9.17, 15) is 43.2 Å². The van der Waals surface area contributed by atoms with Crippen molar-refractivity contribution in [1.29, 1.82) is 0 Å². The van der Waals surface area contributed by atoms with Gasteiger partial charge in [0.25, 0.3) is 0 Å². The number of hydrogen-bond acceptors (Lipinski definition) is 7. The van der Waals surface area contributed by atoms with Crippen LogP contribution in [-0.4, -0.2) is 55.0 Å². The standard InChI is InChI=1S/C19H36NO3Si.C2F6NO4S2/c1-8-17(5)21-24(22-18(6)9-2,23-19(7)10-3)15-20-14-12-11-13-16(20)4;3-1(4,5)14(10,11)9-15(12,13)2(6,7)8/h11-14,17-19H,8-10,15H2,1-7H3;/q+1;-1. The van der Waals surface area contributed by atoms with Gasteiger partial charge in [-0.2, -0.15) is 30.9 Å². The highest BCUT2D eigenvalue weighted by molar-refractivity contribution is 8.13. The van der Waals surface area contributed by atoms with E-state index in [-0.39, 0.29) is 18.3 Å². The monoisotopic (exact) mass is 634 g/mol. The van der Waals surface area contributed by atoms with Crippen LogP contribution in [0.15, 0.2) is 24.4 Å². The van der Waals surface area contributed by atoms with Crippen LogP contribution in [0, 0.1) is 6.92 Å². The molecule has 0 fully saturated rings. The molecule has 0 N–H and O–H groups in total. The summed E-state index contributed by atoms with van der Waals surface area (Å²) in [6, 6.07) is 6.20. The van der Waals surface area contributed by atoms with Crippen molar-refractivity contribution in [1.82, 2.24) is 0 Å². The van der Waals surface area contributed by atoms with E-state index < -0.39 is 39.9 Å². The van der Waals surface area contributed by atoms with Crippen LogP contribution in [-0.2, 0) is 39.5 Å². The Morgan fingerprint density at radius 2 is 1.15 bits per heavy atom. The van der Waals surface area contributed by atoms with Gasteiger partial charge in [-0.3, -0.25) is 0 Å². The SMILES string of the molecule is CCC(C)O[Si](C[n+]1ccccc1C)(OC(C)CC)OC(C)CC.O=S(=O)([N-]S(=O)(=O)C(F)(F)F)C(F)(F)F. The lowest BCUT2D eigenvalue weighted by Gasteiger charge is -2.34. The highest BCUT2D eigenvalue weighted by Gasteiger charge is 2.50. The lowest BCUT2D eigenvalue weighted by molar-refractivity contribution is -0.691. The molecule has 1 heterocycles. The van der Waals surface area contributed by atoms with Crippen molar-refractivity contribution in [2.75, 3.05) is 0 Å². The molecule has 0 amide bonds. The maximum absolute atomic E-state index is 11.4. The van der Waals surface area contributed by atoms with Crippen molar-refractivity contribution in [3.05, 3.63) is 34.2 Å². The van der Waals surface area contributed by atoms with E-state index in [0.29, 0.717) is 6.17 Å². The second-order valence-corrected chi connectivity index (χ2v) is 14.4. The van der Waals surface area contributed by atoms with Crippen molar-refractivity contribution >= 4 is 28.9 Å². The molecule has 3 unspecified atom stereocenters. The van der Waals surface area contributed by atoms with Crippen LogP contribution in [0.1, 0.15) is 66.5 Å². The lowest BCUT2D eigenvalue weighted by atomic mass is 10.3. The summed E-state index contributed by atoms with van der Waals surface area (Å²) in [5.41, 5.74) is -11.2. The summed E-state index contributed by atoms with van der Waals surface area (Å²) < 4.78 is 131. The Labute approximate surface area is 227 Å². The van der Waals surface area contributed by atoms with Crippen LogP contribution >= 0.6 is 0 Å². The maximum Gasteiger partial charge on any atom is 0.571 e. The zero-order chi connectivity index (χ0) is 30.9. The van der Waals surface area contributed by atoms with Gasteiger partial charge in [-0.25, -0.2) is 16.8 Å². The molecule has 0 spiro atoms. The average Bonchev–Trinajstić information content (AvgIpc) is 2.78. The van der Waals surface area contributed by atoms with Gasteiger partial charge in [0.05, 0.1) is 0 Å². The van der Waals surface area contributed by atoms with Crippen molar-refractivity contribution in [2.24, 2.45) is 0 Å². The van der Waals surface area contributed by atoms with E-state index >= 15 is 0 Å². The van der Waals surface area contributed by atoms with Crippen molar-refractivity contribution in [3.8, 4) is 0 Å². The molecule has 0 aliphatic carbocycles. The first-order valence-electron chi connectivity index (χ1n) is 11.9. The molecule has 230 valence electrons. The van der Waals surface area contributed by atoms with Crippen LogP contribution in [0.3, 0.4) is 0 Å². The molecule has 0 aromatic carbocycles. The summed E-state index contributed by atoms with van der Waals surface area (Å²) >= 11 is 0. The van der Waals surface area contributed by atoms with Crippen molar-refractivity contribution in [3.63, 3.8) is 0 Å². The number of halogens is 6. The smallest absolute Gasteiger partial charge is 0.421 e. The molecule has 3 atom stereocenters. The van der Waals surface area contributed by atoms with E-state index in [1.54, 1.807) is 0 Å². The average molecular weight is 635 g/mol. The van der Waals surface area contributed by atoms with Crippen LogP contribution < -0.4 is 4.57 Å². The van der Waals surface area contributed by atoms with Gasteiger partial charge in [0.15, 0.2) is 31.9 Å². The zero-order valence-corrected chi connectivity index (χ0v) is 25.3. The van der Waals surface area contributed by atoms with Gasteiger partial charge in [0.1, 0.15) is 0 Å². The third-order valence-electron chi connectivity index (χ3n) is 5.18. The Hall–Kier alpha value is -1.31. The van der Waals surface area contributed by atoms with Crippen molar-refractivity contribution in [2.45, 2.75) is 103 Å². The molecule has 0 radical (unpaired) electrons. The highest BCUT2D eigenvalue weighted by Crippen LogP contribution is 2.36. The normalized spacial score (nSPS) is 16.9. The van der Waals surface area contributed by atoms with Gasteiger partial charge in [0, 0.05) is 37.4 Å². The van der Waals surface area contributed by atoms with Crippen LogP contribution in [0.5, 0.6) is 0 Å². The Morgan fingerprint density at radius 1 is 0.795 bits per heavy atom. The van der Waals surface area contributed by atoms with Gasteiger partial charge < -0.3 is 17.4 Å². The van der Waals surface area contributed by atoms with Crippen LogP contribution in [0.4, 0.5) is 26.3 Å². The van der Waals surface area contributed by atoms with E-state index in [4.69, 9.17) is 13.3 Å². The molecule has 1 aromatic heterocycles. The summed E-state index contributed by atoms with van der Waals surface area (Å²) in [7, 11) is -16.3. The number of alkyl halides is 6. The number of pyridine rings is 1. The largest absolute Gasteiger partial charge is 0.571 e. The number of aromatic nitrogens is 1. The molecule has 18 heteroatoms. The van der Waals surface area contributed by atoms with Crippen LogP contribution in [0.25, 0.3) is 4.13 Å². The molecule has 0 aliphatic rings. The van der Waals surface area contributed by atoms with Crippen molar-refractivity contribution < 1.29 is 61.0 Å². The number of aryl methyl sites for hydroxylation is 1. The molecule has 0 bridgehead atoms. The minimum Gasteiger partial charge on any atom is -0.421 e. The fraction of sp³-hybridized carbons (Fsp3) is 0.762. The second kappa shape index (κ2) is 15.1. The minimum absolute atomic E-state index is 0.120. The van der Waals surface area contributed by atoms with E-state index in [0.717, 1.165) is 23.4 Å². The molecule has 0 saturated heterocycles. The minimum atomic E-state index is -6.72. The summed E-state index contributed by atoms with van der Waals surface area (Å²) in [4.78, 5) is 0. The first-order valence-corrected chi connectivity index (χ1v) is 16.7. The Morgan fingerprint density at radius 3 is 1.44 bits per heavy atom. The summed E-state index contributed by atoms with van der Waals surface area (Å²) in [5.74, 6) is 0. The molecular weight excluding hydrogens is 598 g/mol. The third kappa shape index (κ3) is 12.4.